The Morgan fingerprint density at radius 1 is 1.17 bits per heavy atom. The van der Waals surface area contributed by atoms with Crippen molar-refractivity contribution in [3.8, 4) is 0 Å². The van der Waals surface area contributed by atoms with Crippen LogP contribution in [-0.4, -0.2) is 70.4 Å². The van der Waals surface area contributed by atoms with Crippen LogP contribution in [0.2, 0.25) is 0 Å². The number of Topliss-reactive ketones (excluding diaryl/α,β-unsaturated/α-hetero) is 1. The zero-order chi connectivity index (χ0) is 22.3. The first-order chi connectivity index (χ1) is 14.2. The minimum absolute atomic E-state index is 0.186. The largest absolute Gasteiger partial charge is 0.481 e. The molecular weight excluding hydrogens is 394 g/mol. The fourth-order valence-corrected chi connectivity index (χ4v) is 3.20. The first-order valence-electron chi connectivity index (χ1n) is 9.42. The zero-order valence-electron chi connectivity index (χ0n) is 16.4. The SMILES string of the molecule is C[C@H](NC(=O)C(=O)c1ccccc1)C(=O)N1CCC[C@H]1C(=O)N[C@H](C=O)CC(=O)O. The fraction of sp³-hybridized carbons (Fsp3) is 0.400. The predicted molar refractivity (Wildman–Crippen MR) is 103 cm³/mol. The average molecular weight is 417 g/mol. The van der Waals surface area contributed by atoms with Gasteiger partial charge in [-0.1, -0.05) is 30.3 Å². The highest BCUT2D eigenvalue weighted by molar-refractivity contribution is 6.43. The molecule has 0 unspecified atom stereocenters. The topological polar surface area (TPSA) is 150 Å². The van der Waals surface area contributed by atoms with E-state index >= 15 is 0 Å². The molecule has 3 atom stereocenters. The summed E-state index contributed by atoms with van der Waals surface area (Å²) in [5.74, 6) is -4.16. The van der Waals surface area contributed by atoms with Gasteiger partial charge in [-0.15, -0.1) is 0 Å². The fourth-order valence-electron chi connectivity index (χ4n) is 3.20. The van der Waals surface area contributed by atoms with Crippen molar-refractivity contribution in [2.45, 2.75) is 44.3 Å². The monoisotopic (exact) mass is 417 g/mol. The van der Waals surface area contributed by atoms with E-state index in [1.54, 1.807) is 18.2 Å². The number of carboxylic acids is 1. The summed E-state index contributed by atoms with van der Waals surface area (Å²) in [5, 5.41) is 13.4. The van der Waals surface area contributed by atoms with E-state index in [2.05, 4.69) is 10.6 Å². The van der Waals surface area contributed by atoms with Crippen LogP contribution in [-0.2, 0) is 24.0 Å². The van der Waals surface area contributed by atoms with Gasteiger partial charge < -0.3 is 25.4 Å². The second kappa shape index (κ2) is 10.3. The summed E-state index contributed by atoms with van der Waals surface area (Å²) in [6.45, 7) is 1.67. The van der Waals surface area contributed by atoms with Gasteiger partial charge in [0, 0.05) is 12.1 Å². The summed E-state index contributed by atoms with van der Waals surface area (Å²) in [7, 11) is 0. The van der Waals surface area contributed by atoms with Gasteiger partial charge in [0.2, 0.25) is 17.6 Å². The second-order valence-corrected chi connectivity index (χ2v) is 6.93. The van der Waals surface area contributed by atoms with Gasteiger partial charge in [0.15, 0.2) is 0 Å². The Labute approximate surface area is 172 Å². The molecule has 0 aliphatic carbocycles. The first kappa shape index (κ1) is 22.7. The van der Waals surface area contributed by atoms with Crippen LogP contribution < -0.4 is 10.6 Å². The van der Waals surface area contributed by atoms with Crippen molar-refractivity contribution in [2.24, 2.45) is 0 Å². The summed E-state index contributed by atoms with van der Waals surface area (Å²) >= 11 is 0. The third-order valence-electron chi connectivity index (χ3n) is 4.69. The number of nitrogens with one attached hydrogen (secondary N) is 2. The van der Waals surface area contributed by atoms with Gasteiger partial charge in [0.05, 0.1) is 12.5 Å². The number of ketones is 1. The molecule has 1 aromatic carbocycles. The van der Waals surface area contributed by atoms with Crippen LogP contribution in [0.5, 0.6) is 0 Å². The number of hydrogen-bond donors (Lipinski definition) is 3. The molecule has 1 aliphatic heterocycles. The van der Waals surface area contributed by atoms with Crippen LogP contribution in [0.15, 0.2) is 30.3 Å². The summed E-state index contributed by atoms with van der Waals surface area (Å²) in [6, 6.07) is 4.74. The van der Waals surface area contributed by atoms with Gasteiger partial charge in [-0.2, -0.15) is 0 Å². The van der Waals surface area contributed by atoms with Crippen LogP contribution in [0.1, 0.15) is 36.5 Å². The van der Waals surface area contributed by atoms with Crippen LogP contribution in [0.3, 0.4) is 0 Å². The van der Waals surface area contributed by atoms with Gasteiger partial charge in [-0.3, -0.25) is 24.0 Å². The standard InChI is InChI=1S/C20H23N3O7/c1-12(21-19(29)17(27)13-6-3-2-4-7-13)20(30)23-9-5-8-15(23)18(28)22-14(11-24)10-16(25)26/h2-4,6-7,11-12,14-15H,5,8-10H2,1H3,(H,21,29)(H,22,28)(H,25,26)/t12-,14-,15-/m0/s1. The van der Waals surface area contributed by atoms with Crippen molar-refractivity contribution in [3.63, 3.8) is 0 Å². The third-order valence-corrected chi connectivity index (χ3v) is 4.69. The number of likely N-dealkylation sites (tertiary alicyclic amines) is 1. The molecule has 3 N–H and O–H groups in total. The summed E-state index contributed by atoms with van der Waals surface area (Å²) in [4.78, 5) is 72.5. The Balaban J connectivity index is 1.99. The highest BCUT2D eigenvalue weighted by atomic mass is 16.4. The van der Waals surface area contributed by atoms with Crippen molar-refractivity contribution in [3.05, 3.63) is 35.9 Å². The van der Waals surface area contributed by atoms with Gasteiger partial charge in [-0.05, 0) is 19.8 Å². The minimum atomic E-state index is -1.24. The maximum absolute atomic E-state index is 12.7. The van der Waals surface area contributed by atoms with Crippen molar-refractivity contribution in [2.75, 3.05) is 6.54 Å². The van der Waals surface area contributed by atoms with Gasteiger partial charge in [0.1, 0.15) is 18.4 Å². The van der Waals surface area contributed by atoms with Gasteiger partial charge in [-0.25, -0.2) is 0 Å². The molecule has 1 fully saturated rings. The van der Waals surface area contributed by atoms with Gasteiger partial charge in [0.25, 0.3) is 5.91 Å². The molecule has 1 heterocycles. The highest BCUT2D eigenvalue weighted by Crippen LogP contribution is 2.19. The average Bonchev–Trinajstić information content (AvgIpc) is 3.22. The Hall–Kier alpha value is -3.56. The quantitative estimate of drug-likeness (QED) is 0.279. The Morgan fingerprint density at radius 2 is 1.83 bits per heavy atom. The maximum Gasteiger partial charge on any atom is 0.305 e. The Kier molecular flexibility index (Phi) is 7.79. The zero-order valence-corrected chi connectivity index (χ0v) is 16.4. The van der Waals surface area contributed by atoms with E-state index in [0.717, 1.165) is 0 Å². The molecule has 1 aromatic rings. The lowest BCUT2D eigenvalue weighted by Gasteiger charge is -2.27. The molecule has 1 aliphatic rings. The number of carboxylic acid groups (broad SMARTS) is 1. The number of aliphatic carboxylic acids is 1. The smallest absolute Gasteiger partial charge is 0.305 e. The molecule has 2 rings (SSSR count). The molecule has 1 saturated heterocycles. The Morgan fingerprint density at radius 3 is 2.43 bits per heavy atom. The van der Waals surface area contributed by atoms with Crippen molar-refractivity contribution in [1.29, 1.82) is 0 Å². The van der Waals surface area contributed by atoms with E-state index in [1.807, 2.05) is 0 Å². The number of benzene rings is 1. The molecule has 30 heavy (non-hydrogen) atoms. The summed E-state index contributed by atoms with van der Waals surface area (Å²) in [5.41, 5.74) is 0.186. The molecule has 0 aromatic heterocycles. The van der Waals surface area contributed by atoms with Gasteiger partial charge >= 0.3 is 5.97 Å². The molecule has 0 saturated carbocycles. The predicted octanol–water partition coefficient (Wildman–Crippen LogP) is -0.477. The number of carbonyl (C=O) groups is 6. The lowest BCUT2D eigenvalue weighted by molar-refractivity contribution is -0.142. The molecule has 3 amide bonds. The molecule has 0 spiro atoms. The molecule has 10 nitrogen and oxygen atoms in total. The van der Waals surface area contributed by atoms with Crippen LogP contribution in [0.4, 0.5) is 0 Å². The third kappa shape index (κ3) is 5.72. The number of nitrogens with zero attached hydrogens (tertiary/aromatic N) is 1. The lowest BCUT2D eigenvalue weighted by atomic mass is 10.1. The van der Waals surface area contributed by atoms with Crippen molar-refractivity contribution in [1.82, 2.24) is 15.5 Å². The van der Waals surface area contributed by atoms with Crippen molar-refractivity contribution >= 4 is 35.8 Å². The number of hydrogen-bond acceptors (Lipinski definition) is 6. The molecule has 0 radical (unpaired) electrons. The molecular formula is C20H23N3O7. The number of amides is 3. The van der Waals surface area contributed by atoms with E-state index in [-0.39, 0.29) is 12.1 Å². The second-order valence-electron chi connectivity index (χ2n) is 6.93. The molecule has 160 valence electrons. The van der Waals surface area contributed by atoms with Crippen LogP contribution >= 0.6 is 0 Å². The maximum atomic E-state index is 12.7. The highest BCUT2D eigenvalue weighted by Gasteiger charge is 2.37. The summed E-state index contributed by atoms with van der Waals surface area (Å²) < 4.78 is 0. The first-order valence-corrected chi connectivity index (χ1v) is 9.42. The molecule has 10 heteroatoms. The Bertz CT molecular complexity index is 840. The van der Waals surface area contributed by atoms with E-state index in [0.29, 0.717) is 19.1 Å². The summed E-state index contributed by atoms with van der Waals surface area (Å²) in [6.07, 6.45) is 0.618. The van der Waals surface area contributed by atoms with Crippen LogP contribution in [0.25, 0.3) is 0 Å². The lowest BCUT2D eigenvalue weighted by Crippen LogP contribution is -2.54. The van der Waals surface area contributed by atoms with Crippen LogP contribution in [0, 0.1) is 0 Å². The number of rotatable bonds is 9. The minimum Gasteiger partial charge on any atom is -0.481 e. The van der Waals surface area contributed by atoms with E-state index in [4.69, 9.17) is 5.11 Å². The van der Waals surface area contributed by atoms with E-state index < -0.39 is 54.0 Å². The number of aldehydes is 1. The normalized spacial score (nSPS) is 17.5. The molecule has 0 bridgehead atoms. The van der Waals surface area contributed by atoms with Crippen molar-refractivity contribution < 1.29 is 33.9 Å². The number of carbonyl (C=O) groups excluding carboxylic acids is 5. The van der Waals surface area contributed by atoms with E-state index in [1.165, 1.54) is 24.0 Å². The van der Waals surface area contributed by atoms with E-state index in [9.17, 15) is 28.8 Å².